The third kappa shape index (κ3) is 6.60. The van der Waals surface area contributed by atoms with Gasteiger partial charge in [0.1, 0.15) is 0 Å². The quantitative estimate of drug-likeness (QED) is 0.288. The van der Waals surface area contributed by atoms with Crippen LogP contribution in [0.15, 0.2) is 50.0 Å². The van der Waals surface area contributed by atoms with Gasteiger partial charge in [-0.2, -0.15) is 0 Å². The van der Waals surface area contributed by atoms with Crippen LogP contribution in [-0.2, 0) is 19.1 Å². The normalized spacial score (nSPS) is 10.0. The molecule has 0 amide bonds. The Morgan fingerprint density at radius 1 is 0.857 bits per heavy atom. The molecule has 0 aliphatic heterocycles. The molecule has 0 aromatic heterocycles. The van der Waals surface area contributed by atoms with Crippen LogP contribution in [0.5, 0.6) is 0 Å². The van der Waals surface area contributed by atoms with E-state index in [0.717, 1.165) is 24.7 Å². The molecule has 74 valence electrons. The van der Waals surface area contributed by atoms with E-state index in [-0.39, 0.29) is 0 Å². The van der Waals surface area contributed by atoms with Gasteiger partial charge in [-0.3, -0.25) is 0 Å². The average Bonchev–Trinajstić information content (AvgIpc) is 2.13. The number of esters is 2. The first kappa shape index (κ1) is 11.9. The Morgan fingerprint density at radius 2 is 1.21 bits per heavy atom. The maximum atomic E-state index is 10.7. The van der Waals surface area contributed by atoms with E-state index < -0.39 is 11.9 Å². The zero-order valence-electron chi connectivity index (χ0n) is 7.51. The molecular formula is C10H10O4. The summed E-state index contributed by atoms with van der Waals surface area (Å²) in [6, 6.07) is 0. The van der Waals surface area contributed by atoms with Crippen molar-refractivity contribution in [3.05, 3.63) is 50.0 Å². The van der Waals surface area contributed by atoms with Gasteiger partial charge in [0.2, 0.25) is 0 Å². The lowest BCUT2D eigenvalue weighted by atomic mass is 10.4. The fraction of sp³-hybridized carbons (Fsp3) is 0. The summed E-state index contributed by atoms with van der Waals surface area (Å²) < 4.78 is 8.74. The maximum Gasteiger partial charge on any atom is 0.335 e. The highest BCUT2D eigenvalue weighted by molar-refractivity contribution is 5.84. The largest absolute Gasteiger partial charge is 0.432 e. The first-order chi connectivity index (χ1) is 6.70. The molecule has 0 N–H and O–H groups in total. The zero-order chi connectivity index (χ0) is 10.8. The highest BCUT2D eigenvalue weighted by atomic mass is 16.5. The van der Waals surface area contributed by atoms with E-state index in [2.05, 4.69) is 22.6 Å². The third-order valence-corrected chi connectivity index (χ3v) is 0.975. The van der Waals surface area contributed by atoms with Crippen molar-refractivity contribution in [3.63, 3.8) is 0 Å². The minimum atomic E-state index is -0.568. The Bertz CT molecular complexity index is 256. The van der Waals surface area contributed by atoms with Gasteiger partial charge >= 0.3 is 11.9 Å². The number of allylic oxidation sites excluding steroid dienone is 2. The van der Waals surface area contributed by atoms with Gasteiger partial charge in [0, 0.05) is 12.2 Å². The predicted molar refractivity (Wildman–Crippen MR) is 50.9 cm³/mol. The van der Waals surface area contributed by atoms with Crippen molar-refractivity contribution in [1.29, 1.82) is 0 Å². The fourth-order valence-corrected chi connectivity index (χ4v) is 0.511. The topological polar surface area (TPSA) is 52.6 Å². The van der Waals surface area contributed by atoms with Crippen LogP contribution in [0.4, 0.5) is 0 Å². The number of carbonyl (C=O) groups is 2. The summed E-state index contributed by atoms with van der Waals surface area (Å²) in [7, 11) is 0. The van der Waals surface area contributed by atoms with Crippen LogP contribution in [0.25, 0.3) is 0 Å². The van der Waals surface area contributed by atoms with Crippen LogP contribution in [0.3, 0.4) is 0 Å². The Labute approximate surface area is 81.8 Å². The lowest BCUT2D eigenvalue weighted by Gasteiger charge is -1.89. The molecule has 14 heavy (non-hydrogen) atoms. The molecule has 0 fully saturated rings. The van der Waals surface area contributed by atoms with Crippen molar-refractivity contribution >= 4 is 11.9 Å². The molecule has 0 aromatic rings. The minimum Gasteiger partial charge on any atom is -0.432 e. The van der Waals surface area contributed by atoms with Gasteiger partial charge in [-0.25, -0.2) is 9.59 Å². The van der Waals surface area contributed by atoms with Gasteiger partial charge in [0.15, 0.2) is 0 Å². The number of hydrogen-bond donors (Lipinski definition) is 0. The van der Waals surface area contributed by atoms with Gasteiger partial charge in [-0.1, -0.05) is 25.3 Å². The van der Waals surface area contributed by atoms with E-state index in [0.29, 0.717) is 0 Å². The summed E-state index contributed by atoms with van der Waals surface area (Å²) in [6.07, 6.45) is 7.00. The molecule has 0 saturated heterocycles. The van der Waals surface area contributed by atoms with Crippen molar-refractivity contribution in [2.45, 2.75) is 0 Å². The second kappa shape index (κ2) is 7.54. The lowest BCUT2D eigenvalue weighted by Crippen LogP contribution is -1.93. The summed E-state index contributed by atoms with van der Waals surface area (Å²) in [6.45, 7) is 6.40. The average molecular weight is 194 g/mol. The minimum absolute atomic E-state index is 0.568. The molecule has 4 nitrogen and oxygen atoms in total. The molecule has 0 aliphatic carbocycles. The van der Waals surface area contributed by atoms with E-state index in [4.69, 9.17) is 0 Å². The monoisotopic (exact) mass is 194 g/mol. The summed E-state index contributed by atoms with van der Waals surface area (Å²) in [5.74, 6) is -1.14. The van der Waals surface area contributed by atoms with Crippen molar-refractivity contribution in [3.8, 4) is 0 Å². The molecule has 0 spiro atoms. The van der Waals surface area contributed by atoms with Gasteiger partial charge in [-0.15, -0.1) is 0 Å². The molecule has 0 radical (unpaired) electrons. The molecule has 0 saturated carbocycles. The first-order valence-corrected chi connectivity index (χ1v) is 3.68. The third-order valence-electron chi connectivity index (χ3n) is 0.975. The second-order valence-electron chi connectivity index (χ2n) is 1.93. The molecule has 4 heteroatoms. The van der Waals surface area contributed by atoms with Crippen molar-refractivity contribution < 1.29 is 19.1 Å². The van der Waals surface area contributed by atoms with Crippen LogP contribution in [-0.4, -0.2) is 11.9 Å². The molecule has 0 aromatic carbocycles. The maximum absolute atomic E-state index is 10.7. The fourth-order valence-electron chi connectivity index (χ4n) is 0.511. The van der Waals surface area contributed by atoms with E-state index in [1.165, 1.54) is 12.2 Å². The Balaban J connectivity index is 3.91. The SMILES string of the molecule is C=COC(=O)C=CC=CC(=O)OC=C. The molecule has 0 bridgehead atoms. The molecule has 0 unspecified atom stereocenters. The zero-order valence-corrected chi connectivity index (χ0v) is 7.51. The number of rotatable bonds is 5. The van der Waals surface area contributed by atoms with Crippen LogP contribution < -0.4 is 0 Å². The predicted octanol–water partition coefficient (Wildman–Crippen LogP) is 1.47. The summed E-state index contributed by atoms with van der Waals surface area (Å²) in [5, 5.41) is 0. The number of carbonyl (C=O) groups excluding carboxylic acids is 2. The molecule has 0 heterocycles. The highest BCUT2D eigenvalue weighted by Gasteiger charge is 1.91. The van der Waals surface area contributed by atoms with Crippen molar-refractivity contribution in [2.75, 3.05) is 0 Å². The van der Waals surface area contributed by atoms with Crippen LogP contribution >= 0.6 is 0 Å². The summed E-state index contributed by atoms with van der Waals surface area (Å²) >= 11 is 0. The van der Waals surface area contributed by atoms with Crippen LogP contribution in [0, 0.1) is 0 Å². The lowest BCUT2D eigenvalue weighted by molar-refractivity contribution is -0.133. The molecule has 0 rings (SSSR count). The summed E-state index contributed by atoms with van der Waals surface area (Å²) in [5.41, 5.74) is 0. The number of ether oxygens (including phenoxy) is 2. The Kier molecular flexibility index (Phi) is 6.41. The smallest absolute Gasteiger partial charge is 0.335 e. The Hall–Kier alpha value is -2.10. The van der Waals surface area contributed by atoms with Gasteiger partial charge in [0.25, 0.3) is 0 Å². The number of hydrogen-bond acceptors (Lipinski definition) is 4. The first-order valence-electron chi connectivity index (χ1n) is 3.68. The molecule has 0 aliphatic rings. The Morgan fingerprint density at radius 3 is 1.50 bits per heavy atom. The van der Waals surface area contributed by atoms with Crippen molar-refractivity contribution in [1.82, 2.24) is 0 Å². The van der Waals surface area contributed by atoms with Crippen LogP contribution in [0.1, 0.15) is 0 Å². The van der Waals surface area contributed by atoms with E-state index >= 15 is 0 Å². The van der Waals surface area contributed by atoms with Gasteiger partial charge in [0.05, 0.1) is 12.5 Å². The van der Waals surface area contributed by atoms with Gasteiger partial charge in [-0.05, 0) is 0 Å². The van der Waals surface area contributed by atoms with E-state index in [1.54, 1.807) is 0 Å². The molecular weight excluding hydrogens is 184 g/mol. The molecule has 0 atom stereocenters. The van der Waals surface area contributed by atoms with Crippen LogP contribution in [0.2, 0.25) is 0 Å². The van der Waals surface area contributed by atoms with E-state index in [1.807, 2.05) is 0 Å². The standard InChI is InChI=1S/C10H10O4/c1-3-13-9(11)7-5-6-8-10(12)14-4-2/h3-8H,1-2H2. The van der Waals surface area contributed by atoms with E-state index in [9.17, 15) is 9.59 Å². The van der Waals surface area contributed by atoms with Crippen molar-refractivity contribution in [2.24, 2.45) is 0 Å². The summed E-state index contributed by atoms with van der Waals surface area (Å²) in [4.78, 5) is 21.3. The highest BCUT2D eigenvalue weighted by Crippen LogP contribution is 1.85. The van der Waals surface area contributed by atoms with Gasteiger partial charge < -0.3 is 9.47 Å². The second-order valence-corrected chi connectivity index (χ2v) is 1.93.